The van der Waals surface area contributed by atoms with Gasteiger partial charge in [0, 0.05) is 54.4 Å². The molecule has 1 aromatic carbocycles. The molecule has 3 aromatic rings. The Bertz CT molecular complexity index is 1230. The van der Waals surface area contributed by atoms with Crippen molar-refractivity contribution in [2.75, 3.05) is 55.4 Å². The molecule has 3 heterocycles. The Hall–Kier alpha value is -3.31. The molecule has 1 aliphatic heterocycles. The minimum Gasteiger partial charge on any atom is -0.487 e. The summed E-state index contributed by atoms with van der Waals surface area (Å²) < 4.78 is 6.10. The molecule has 0 atom stereocenters. The number of nitrogens with one attached hydrogen (secondary N) is 3. The van der Waals surface area contributed by atoms with Gasteiger partial charge >= 0.3 is 0 Å². The third-order valence-electron chi connectivity index (χ3n) is 6.93. The Morgan fingerprint density at radius 3 is 2.53 bits per heavy atom. The summed E-state index contributed by atoms with van der Waals surface area (Å²) in [5.74, 6) is 2.94. The molecule has 2 aromatic heterocycles. The van der Waals surface area contributed by atoms with Crippen molar-refractivity contribution in [3.05, 3.63) is 36.0 Å². The first kappa shape index (κ1) is 26.3. The van der Waals surface area contributed by atoms with Crippen molar-refractivity contribution in [3.63, 3.8) is 0 Å². The molecule has 0 spiro atoms. The number of aromatic nitrogens is 4. The van der Waals surface area contributed by atoms with Gasteiger partial charge in [0.05, 0.1) is 6.61 Å². The number of aromatic amines is 1. The van der Waals surface area contributed by atoms with Gasteiger partial charge in [-0.1, -0.05) is 12.8 Å². The Morgan fingerprint density at radius 2 is 1.87 bits per heavy atom. The molecule has 2 aliphatic rings. The number of anilines is 4. The van der Waals surface area contributed by atoms with Gasteiger partial charge in [0.15, 0.2) is 22.6 Å². The highest BCUT2D eigenvalue weighted by molar-refractivity contribution is 7.99. The van der Waals surface area contributed by atoms with E-state index in [2.05, 4.69) is 37.7 Å². The molecule has 0 unspecified atom stereocenters. The molecule has 38 heavy (non-hydrogen) atoms. The van der Waals surface area contributed by atoms with Gasteiger partial charge in [-0.25, -0.2) is 9.97 Å². The van der Waals surface area contributed by atoms with E-state index in [9.17, 15) is 4.79 Å². The van der Waals surface area contributed by atoms with Crippen LogP contribution >= 0.6 is 11.8 Å². The van der Waals surface area contributed by atoms with E-state index < -0.39 is 0 Å². The summed E-state index contributed by atoms with van der Waals surface area (Å²) in [6, 6.07) is 9.80. The fraction of sp³-hybridized carbons (Fsp3) is 0.481. The standard InChI is InChI=1S/C27H36N8O2S/c1-4-37-23-24(29-22-17-18(2)32-33-22)30-27(31-25(23)35-15-13-34(3)14-16-35)38-21-11-9-20(10-12-21)28-26(36)19-7-5-6-8-19/h9-12,17,19H,4-8,13-16H2,1-3H3,(H,28,36)(H2,29,30,31,32,33). The first-order valence-electron chi connectivity index (χ1n) is 13.3. The quantitative estimate of drug-likeness (QED) is 0.336. The Morgan fingerprint density at radius 1 is 1.13 bits per heavy atom. The Kier molecular flexibility index (Phi) is 8.33. The van der Waals surface area contributed by atoms with E-state index in [1.54, 1.807) is 0 Å². The number of piperazine rings is 1. The highest BCUT2D eigenvalue weighted by Crippen LogP contribution is 2.39. The van der Waals surface area contributed by atoms with Crippen molar-refractivity contribution in [3.8, 4) is 5.75 Å². The van der Waals surface area contributed by atoms with Gasteiger partial charge < -0.3 is 25.2 Å². The molecular weight excluding hydrogens is 500 g/mol. The summed E-state index contributed by atoms with van der Waals surface area (Å²) in [7, 11) is 2.13. The second-order valence-electron chi connectivity index (χ2n) is 9.89. The zero-order valence-corrected chi connectivity index (χ0v) is 23.1. The van der Waals surface area contributed by atoms with E-state index in [1.165, 1.54) is 11.8 Å². The molecule has 1 saturated carbocycles. The van der Waals surface area contributed by atoms with Crippen LogP contribution < -0.4 is 20.3 Å². The lowest BCUT2D eigenvalue weighted by Gasteiger charge is -2.34. The number of carbonyl (C=O) groups excluding carboxylic acids is 1. The van der Waals surface area contributed by atoms with Crippen molar-refractivity contribution < 1.29 is 9.53 Å². The van der Waals surface area contributed by atoms with Crippen LogP contribution in [-0.4, -0.2) is 70.8 Å². The third-order valence-corrected chi connectivity index (χ3v) is 7.80. The van der Waals surface area contributed by atoms with Crippen LogP contribution in [0.5, 0.6) is 5.75 Å². The zero-order valence-electron chi connectivity index (χ0n) is 22.3. The third kappa shape index (κ3) is 6.39. The summed E-state index contributed by atoms with van der Waals surface area (Å²) in [6.07, 6.45) is 4.25. The van der Waals surface area contributed by atoms with Crippen molar-refractivity contribution >= 4 is 40.8 Å². The van der Waals surface area contributed by atoms with Gasteiger partial charge in [0.2, 0.25) is 11.7 Å². The molecule has 2 fully saturated rings. The lowest BCUT2D eigenvalue weighted by molar-refractivity contribution is -0.119. The number of hydrogen-bond donors (Lipinski definition) is 3. The Balaban J connectivity index is 1.40. The molecule has 10 nitrogen and oxygen atoms in total. The number of carbonyl (C=O) groups is 1. The summed E-state index contributed by atoms with van der Waals surface area (Å²) >= 11 is 1.48. The number of benzene rings is 1. The fourth-order valence-corrected chi connectivity index (χ4v) is 5.56. The van der Waals surface area contributed by atoms with E-state index in [1.807, 2.05) is 44.2 Å². The molecule has 3 N–H and O–H groups in total. The van der Waals surface area contributed by atoms with Crippen LogP contribution in [0.25, 0.3) is 0 Å². The van der Waals surface area contributed by atoms with Crippen molar-refractivity contribution in [2.45, 2.75) is 49.6 Å². The molecule has 0 radical (unpaired) electrons. The average molecular weight is 537 g/mol. The maximum Gasteiger partial charge on any atom is 0.227 e. The first-order chi connectivity index (χ1) is 18.5. The maximum absolute atomic E-state index is 12.5. The lowest BCUT2D eigenvalue weighted by Crippen LogP contribution is -2.45. The highest BCUT2D eigenvalue weighted by atomic mass is 32.2. The smallest absolute Gasteiger partial charge is 0.227 e. The lowest BCUT2D eigenvalue weighted by atomic mass is 10.1. The van der Waals surface area contributed by atoms with Crippen molar-refractivity contribution in [1.82, 2.24) is 25.1 Å². The van der Waals surface area contributed by atoms with E-state index in [-0.39, 0.29) is 11.8 Å². The van der Waals surface area contributed by atoms with E-state index in [4.69, 9.17) is 14.7 Å². The van der Waals surface area contributed by atoms with Gasteiger partial charge in [-0.05, 0) is 69.8 Å². The van der Waals surface area contributed by atoms with Crippen LogP contribution in [0, 0.1) is 12.8 Å². The maximum atomic E-state index is 12.5. The number of amides is 1. The largest absolute Gasteiger partial charge is 0.487 e. The number of ether oxygens (including phenoxy) is 1. The van der Waals surface area contributed by atoms with Crippen LogP contribution in [0.3, 0.4) is 0 Å². The average Bonchev–Trinajstić information content (AvgIpc) is 3.59. The van der Waals surface area contributed by atoms with Crippen molar-refractivity contribution in [1.29, 1.82) is 0 Å². The monoisotopic (exact) mass is 536 g/mol. The second kappa shape index (κ2) is 12.0. The van der Waals surface area contributed by atoms with Crippen LogP contribution in [0.15, 0.2) is 40.4 Å². The van der Waals surface area contributed by atoms with Gasteiger partial charge in [-0.3, -0.25) is 9.89 Å². The topological polar surface area (TPSA) is 111 Å². The molecule has 1 amide bonds. The molecule has 11 heteroatoms. The molecular formula is C27H36N8O2S. The Labute approximate surface area is 227 Å². The number of hydrogen-bond acceptors (Lipinski definition) is 9. The predicted octanol–water partition coefficient (Wildman–Crippen LogP) is 4.68. The van der Waals surface area contributed by atoms with Crippen molar-refractivity contribution in [2.24, 2.45) is 5.92 Å². The van der Waals surface area contributed by atoms with Crippen LogP contribution in [0.1, 0.15) is 38.3 Å². The number of aryl methyl sites for hydroxylation is 1. The number of likely N-dealkylation sites (N-methyl/N-ethyl adjacent to an activating group) is 1. The zero-order chi connectivity index (χ0) is 26.5. The number of nitrogens with zero attached hydrogens (tertiary/aromatic N) is 5. The van der Waals surface area contributed by atoms with E-state index in [0.29, 0.717) is 29.1 Å². The molecule has 0 bridgehead atoms. The van der Waals surface area contributed by atoms with E-state index >= 15 is 0 Å². The van der Waals surface area contributed by atoms with Crippen LogP contribution in [-0.2, 0) is 4.79 Å². The van der Waals surface area contributed by atoms with Crippen LogP contribution in [0.2, 0.25) is 0 Å². The minimum atomic E-state index is 0.124. The van der Waals surface area contributed by atoms with Gasteiger partial charge in [-0.15, -0.1) is 0 Å². The normalized spacial score (nSPS) is 16.6. The molecule has 1 saturated heterocycles. The fourth-order valence-electron chi connectivity index (χ4n) is 4.81. The van der Waals surface area contributed by atoms with Gasteiger partial charge in [-0.2, -0.15) is 5.10 Å². The summed E-state index contributed by atoms with van der Waals surface area (Å²) in [5, 5.41) is 14.3. The summed E-state index contributed by atoms with van der Waals surface area (Å²) in [5.41, 5.74) is 1.77. The molecule has 1 aliphatic carbocycles. The SMILES string of the molecule is CCOc1c(Nc2cc(C)[nH]n2)nc(Sc2ccc(NC(=O)C3CCCC3)cc2)nc1N1CCN(C)CC1. The molecule has 5 rings (SSSR count). The second-order valence-corrected chi connectivity index (χ2v) is 10.9. The number of rotatable bonds is 9. The highest BCUT2D eigenvalue weighted by Gasteiger charge is 2.25. The molecule has 202 valence electrons. The van der Waals surface area contributed by atoms with E-state index in [0.717, 1.165) is 74.0 Å². The first-order valence-corrected chi connectivity index (χ1v) is 14.2. The van der Waals surface area contributed by atoms with Crippen LogP contribution in [0.4, 0.5) is 23.1 Å². The summed E-state index contributed by atoms with van der Waals surface area (Å²) in [4.78, 5) is 27.9. The number of H-pyrrole nitrogens is 1. The minimum absolute atomic E-state index is 0.124. The summed E-state index contributed by atoms with van der Waals surface area (Å²) in [6.45, 7) is 8.03. The van der Waals surface area contributed by atoms with Gasteiger partial charge in [0.1, 0.15) is 0 Å². The predicted molar refractivity (Wildman–Crippen MR) is 151 cm³/mol. The van der Waals surface area contributed by atoms with Gasteiger partial charge in [0.25, 0.3) is 0 Å².